The molecule has 4 rings (SSSR count). The van der Waals surface area contributed by atoms with Gasteiger partial charge in [-0.1, -0.05) is 99.3 Å². The lowest BCUT2D eigenvalue weighted by Gasteiger charge is -2.08. The Morgan fingerprint density at radius 3 is 1.24 bits per heavy atom. The molecule has 0 spiro atoms. The standard InChI is InChI=1S/C42H58N2O4S2/c1-5-47-41(45)37-21-17-35(18-22-37)27-33(3)39-29-43(31-49-39)25-15-13-11-9-7-8-10-12-14-16-26-44-30-40(50-32-44)34(4)28-36-19-23-38(24-20-36)42(46)48-6-2/h17-24,29-34H,5-16,25-28H2,1-4H3/q+2. The van der Waals surface area contributed by atoms with Crippen LogP contribution in [-0.4, -0.2) is 25.2 Å². The molecule has 8 heteroatoms. The van der Waals surface area contributed by atoms with Gasteiger partial charge in [-0.05, 0) is 74.9 Å². The fraction of sp³-hybridized carbons (Fsp3) is 0.524. The Kier molecular flexibility index (Phi) is 17.2. The normalized spacial score (nSPS) is 12.5. The Bertz CT molecular complexity index is 1440. The summed E-state index contributed by atoms with van der Waals surface area (Å²) in [6, 6.07) is 15.7. The molecular formula is C42H58N2O4S2+2. The molecule has 0 aliphatic carbocycles. The van der Waals surface area contributed by atoms with Crippen molar-refractivity contribution in [3.05, 3.63) is 104 Å². The van der Waals surface area contributed by atoms with E-state index in [-0.39, 0.29) is 11.9 Å². The van der Waals surface area contributed by atoms with E-state index in [1.54, 1.807) is 0 Å². The first-order valence-corrected chi connectivity index (χ1v) is 20.6. The minimum atomic E-state index is -0.251. The van der Waals surface area contributed by atoms with Crippen LogP contribution in [0.25, 0.3) is 0 Å². The molecule has 2 unspecified atom stereocenters. The lowest BCUT2D eigenvalue weighted by molar-refractivity contribution is -0.693. The Hall–Kier alpha value is -3.36. The first-order valence-electron chi connectivity index (χ1n) is 18.8. The van der Waals surface area contributed by atoms with Gasteiger partial charge in [0.05, 0.1) is 34.1 Å². The molecule has 0 aliphatic heterocycles. The van der Waals surface area contributed by atoms with E-state index in [1.165, 1.54) is 85.1 Å². The highest BCUT2D eigenvalue weighted by atomic mass is 32.1. The van der Waals surface area contributed by atoms with Crippen LogP contribution in [0.3, 0.4) is 0 Å². The molecule has 6 nitrogen and oxygen atoms in total. The summed E-state index contributed by atoms with van der Waals surface area (Å²) in [5.74, 6) is 0.402. The van der Waals surface area contributed by atoms with Gasteiger partial charge in [-0.15, -0.1) is 0 Å². The van der Waals surface area contributed by atoms with Crippen molar-refractivity contribution in [2.24, 2.45) is 0 Å². The topological polar surface area (TPSA) is 60.4 Å². The van der Waals surface area contributed by atoms with E-state index in [2.05, 4.69) is 46.4 Å². The zero-order valence-corrected chi connectivity index (χ0v) is 32.4. The maximum absolute atomic E-state index is 11.9. The van der Waals surface area contributed by atoms with Crippen LogP contribution in [-0.2, 0) is 35.4 Å². The predicted molar refractivity (Wildman–Crippen MR) is 204 cm³/mol. The fourth-order valence-corrected chi connectivity index (χ4v) is 8.19. The third kappa shape index (κ3) is 13.4. The second-order valence-corrected chi connectivity index (χ2v) is 15.4. The largest absolute Gasteiger partial charge is 0.462 e. The third-order valence-electron chi connectivity index (χ3n) is 9.30. The minimum absolute atomic E-state index is 0.251. The monoisotopic (exact) mass is 718 g/mol. The van der Waals surface area contributed by atoms with Crippen molar-refractivity contribution < 1.29 is 28.2 Å². The van der Waals surface area contributed by atoms with Crippen molar-refractivity contribution in [1.82, 2.24) is 0 Å². The van der Waals surface area contributed by atoms with E-state index in [1.807, 2.05) is 85.1 Å². The third-order valence-corrected chi connectivity index (χ3v) is 11.6. The quantitative estimate of drug-likeness (QED) is 0.0435. The van der Waals surface area contributed by atoms with Gasteiger partial charge in [0.1, 0.15) is 13.1 Å². The number of ether oxygens (including phenoxy) is 2. The number of esters is 2. The molecule has 0 amide bonds. The number of carbonyl (C=O) groups is 2. The van der Waals surface area contributed by atoms with Gasteiger partial charge in [0.2, 0.25) is 11.0 Å². The van der Waals surface area contributed by atoms with E-state index in [4.69, 9.17) is 9.47 Å². The number of aromatic nitrogens is 2. The summed E-state index contributed by atoms with van der Waals surface area (Å²) >= 11 is 3.71. The molecule has 0 fully saturated rings. The molecule has 0 N–H and O–H groups in total. The first kappa shape index (κ1) is 39.4. The van der Waals surface area contributed by atoms with E-state index in [0.717, 1.165) is 25.9 Å². The summed E-state index contributed by atoms with van der Waals surface area (Å²) in [6.45, 7) is 11.2. The highest BCUT2D eigenvalue weighted by molar-refractivity contribution is 7.09. The minimum Gasteiger partial charge on any atom is -0.462 e. The molecule has 0 saturated heterocycles. The van der Waals surface area contributed by atoms with Crippen LogP contribution >= 0.6 is 22.7 Å². The van der Waals surface area contributed by atoms with Gasteiger partial charge >= 0.3 is 11.9 Å². The number of hydrogen-bond acceptors (Lipinski definition) is 6. The van der Waals surface area contributed by atoms with Crippen LogP contribution in [0.1, 0.15) is 145 Å². The summed E-state index contributed by atoms with van der Waals surface area (Å²) in [6.07, 6.45) is 19.8. The van der Waals surface area contributed by atoms with E-state index < -0.39 is 0 Å². The van der Waals surface area contributed by atoms with Gasteiger partial charge in [-0.25, -0.2) is 9.59 Å². The van der Waals surface area contributed by atoms with Gasteiger partial charge in [0, 0.05) is 24.7 Å². The number of hydrogen-bond donors (Lipinski definition) is 0. The lowest BCUT2D eigenvalue weighted by atomic mass is 9.99. The molecule has 0 aliphatic rings. The van der Waals surface area contributed by atoms with Gasteiger partial charge in [0.15, 0.2) is 12.4 Å². The van der Waals surface area contributed by atoms with E-state index in [0.29, 0.717) is 36.2 Å². The van der Waals surface area contributed by atoms with Crippen LogP contribution in [0, 0.1) is 0 Å². The lowest BCUT2D eigenvalue weighted by Crippen LogP contribution is -2.30. The average molecular weight is 719 g/mol. The number of rotatable bonds is 23. The first-order chi connectivity index (χ1) is 24.4. The molecule has 50 heavy (non-hydrogen) atoms. The van der Waals surface area contributed by atoms with Crippen molar-refractivity contribution in [3.63, 3.8) is 0 Å². The van der Waals surface area contributed by atoms with Crippen LogP contribution in [0.15, 0.2) is 71.9 Å². The number of benzene rings is 2. The molecule has 2 aromatic carbocycles. The van der Waals surface area contributed by atoms with Crippen LogP contribution in [0.5, 0.6) is 0 Å². The highest BCUT2D eigenvalue weighted by Gasteiger charge is 2.17. The maximum Gasteiger partial charge on any atom is 0.338 e. The maximum atomic E-state index is 11.9. The Morgan fingerprint density at radius 2 is 0.900 bits per heavy atom. The van der Waals surface area contributed by atoms with Crippen LogP contribution in [0.2, 0.25) is 0 Å². The summed E-state index contributed by atoms with van der Waals surface area (Å²) in [4.78, 5) is 26.6. The predicted octanol–water partition coefficient (Wildman–Crippen LogP) is 10.0. The van der Waals surface area contributed by atoms with Gasteiger partial charge < -0.3 is 9.47 Å². The van der Waals surface area contributed by atoms with Crippen molar-refractivity contribution in [2.75, 3.05) is 13.2 Å². The SMILES string of the molecule is CCOC(=O)c1ccc(CC(C)c2c[n+](CCCCCCCCCCCC[n+]3csc(C(C)Cc4ccc(C(=O)OCC)cc4)c3)cs2)cc1. The molecule has 2 heterocycles. The molecule has 0 radical (unpaired) electrons. The average Bonchev–Trinajstić information content (AvgIpc) is 3.80. The molecule has 2 atom stereocenters. The Balaban J connectivity index is 0.990. The Labute approximate surface area is 308 Å². The zero-order valence-electron chi connectivity index (χ0n) is 30.7. The Morgan fingerprint density at radius 1 is 0.560 bits per heavy atom. The van der Waals surface area contributed by atoms with E-state index >= 15 is 0 Å². The highest BCUT2D eigenvalue weighted by Crippen LogP contribution is 2.25. The summed E-state index contributed by atoms with van der Waals surface area (Å²) < 4.78 is 14.9. The number of thiazole rings is 2. The number of nitrogens with zero attached hydrogens (tertiary/aromatic N) is 2. The van der Waals surface area contributed by atoms with Gasteiger partial charge in [0.25, 0.3) is 0 Å². The summed E-state index contributed by atoms with van der Waals surface area (Å²) in [5.41, 5.74) is 8.27. The van der Waals surface area contributed by atoms with E-state index in [9.17, 15) is 9.59 Å². The summed E-state index contributed by atoms with van der Waals surface area (Å²) in [5, 5.41) is 0. The van der Waals surface area contributed by atoms with Crippen LogP contribution in [0.4, 0.5) is 0 Å². The van der Waals surface area contributed by atoms with Gasteiger partial charge in [-0.3, -0.25) is 0 Å². The molecule has 0 saturated carbocycles. The second kappa shape index (κ2) is 21.8. The fourth-order valence-electron chi connectivity index (χ4n) is 6.32. The van der Waals surface area contributed by atoms with Crippen molar-refractivity contribution in [1.29, 1.82) is 0 Å². The molecular weight excluding hydrogens is 661 g/mol. The van der Waals surface area contributed by atoms with Crippen molar-refractivity contribution in [3.8, 4) is 0 Å². The van der Waals surface area contributed by atoms with Crippen LogP contribution < -0.4 is 9.13 Å². The summed E-state index contributed by atoms with van der Waals surface area (Å²) in [7, 11) is 0. The molecule has 2 aromatic heterocycles. The second-order valence-electron chi connectivity index (χ2n) is 13.6. The molecule has 0 bridgehead atoms. The molecule has 270 valence electrons. The van der Waals surface area contributed by atoms with Crippen molar-refractivity contribution >= 4 is 34.6 Å². The zero-order chi connectivity index (χ0) is 35.6. The number of carbonyl (C=O) groups excluding carboxylic acids is 2. The number of unbranched alkanes of at least 4 members (excludes halogenated alkanes) is 9. The van der Waals surface area contributed by atoms with Crippen molar-refractivity contribution in [2.45, 2.75) is 130 Å². The molecule has 4 aromatic rings. The number of aryl methyl sites for hydroxylation is 2. The smallest absolute Gasteiger partial charge is 0.338 e. The van der Waals surface area contributed by atoms with Gasteiger partial charge in [-0.2, -0.15) is 9.13 Å².